The second-order valence-electron chi connectivity index (χ2n) is 5.11. The van der Waals surface area contributed by atoms with Crippen molar-refractivity contribution in [3.63, 3.8) is 0 Å². The van der Waals surface area contributed by atoms with Crippen LogP contribution in [-0.2, 0) is 4.79 Å². The van der Waals surface area contributed by atoms with Gasteiger partial charge < -0.3 is 15.5 Å². The molecule has 1 fully saturated rings. The molecule has 6 nitrogen and oxygen atoms in total. The van der Waals surface area contributed by atoms with Gasteiger partial charge in [0.2, 0.25) is 5.91 Å². The summed E-state index contributed by atoms with van der Waals surface area (Å²) in [7, 11) is 1.76. The number of amides is 2. The van der Waals surface area contributed by atoms with E-state index < -0.39 is 0 Å². The summed E-state index contributed by atoms with van der Waals surface area (Å²) in [5, 5.41) is 0.844. The first-order valence-corrected chi connectivity index (χ1v) is 7.55. The van der Waals surface area contributed by atoms with Gasteiger partial charge in [-0.2, -0.15) is 0 Å². The van der Waals surface area contributed by atoms with Crippen molar-refractivity contribution in [2.75, 3.05) is 32.4 Å². The number of thiophene rings is 1. The van der Waals surface area contributed by atoms with Gasteiger partial charge in [-0.25, -0.2) is 0 Å². The number of carbonyl (C=O) groups is 2. The van der Waals surface area contributed by atoms with E-state index in [9.17, 15) is 9.59 Å². The molecule has 21 heavy (non-hydrogen) atoms. The second kappa shape index (κ2) is 5.33. The molecule has 1 aliphatic heterocycles. The molecule has 7 heteroatoms. The van der Waals surface area contributed by atoms with E-state index in [1.54, 1.807) is 35.3 Å². The summed E-state index contributed by atoms with van der Waals surface area (Å²) in [4.78, 5) is 32.4. The number of likely N-dealkylation sites (N-methyl/N-ethyl adjacent to an activating group) is 1. The van der Waals surface area contributed by atoms with Crippen molar-refractivity contribution in [1.29, 1.82) is 0 Å². The fraction of sp³-hybridized carbons (Fsp3) is 0.357. The molecule has 0 aromatic carbocycles. The van der Waals surface area contributed by atoms with Crippen LogP contribution in [-0.4, -0.2) is 53.3 Å². The molecule has 2 N–H and O–H groups in total. The molecule has 2 aromatic rings. The number of aromatic nitrogens is 1. The predicted molar refractivity (Wildman–Crippen MR) is 82.2 cm³/mol. The standard InChI is InChI=1S/C14H16N4O2S/c1-17-5-2-6-18(8-11(17)19)14(20)13-12(15)9-3-4-16-7-10(9)21-13/h3-4,7H,2,5-6,8,15H2,1H3. The Kier molecular flexibility index (Phi) is 3.50. The van der Waals surface area contributed by atoms with E-state index in [0.717, 1.165) is 16.5 Å². The Morgan fingerprint density at radius 3 is 3.00 bits per heavy atom. The fourth-order valence-corrected chi connectivity index (χ4v) is 3.49. The Labute approximate surface area is 126 Å². The average Bonchev–Trinajstić information content (AvgIpc) is 2.72. The van der Waals surface area contributed by atoms with E-state index in [0.29, 0.717) is 23.7 Å². The highest BCUT2D eigenvalue weighted by Crippen LogP contribution is 2.33. The van der Waals surface area contributed by atoms with Gasteiger partial charge in [-0.15, -0.1) is 11.3 Å². The quantitative estimate of drug-likeness (QED) is 0.858. The minimum Gasteiger partial charge on any atom is -0.397 e. The number of anilines is 1. The van der Waals surface area contributed by atoms with E-state index in [4.69, 9.17) is 5.73 Å². The van der Waals surface area contributed by atoms with Gasteiger partial charge in [0.25, 0.3) is 5.91 Å². The first-order valence-electron chi connectivity index (χ1n) is 6.73. The smallest absolute Gasteiger partial charge is 0.266 e. The van der Waals surface area contributed by atoms with Crippen LogP contribution in [0, 0.1) is 0 Å². The zero-order chi connectivity index (χ0) is 15.0. The Balaban J connectivity index is 1.93. The lowest BCUT2D eigenvalue weighted by atomic mass is 10.2. The van der Waals surface area contributed by atoms with Crippen LogP contribution in [0.2, 0.25) is 0 Å². The van der Waals surface area contributed by atoms with E-state index in [1.807, 2.05) is 0 Å². The zero-order valence-electron chi connectivity index (χ0n) is 11.7. The minimum atomic E-state index is -0.169. The number of rotatable bonds is 1. The average molecular weight is 304 g/mol. The summed E-state index contributed by atoms with van der Waals surface area (Å²) in [6, 6.07) is 1.80. The maximum Gasteiger partial charge on any atom is 0.266 e. The van der Waals surface area contributed by atoms with Gasteiger partial charge in [-0.1, -0.05) is 0 Å². The molecule has 3 heterocycles. The Bertz CT molecular complexity index is 712. The third kappa shape index (κ3) is 2.44. The van der Waals surface area contributed by atoms with Crippen LogP contribution in [0.5, 0.6) is 0 Å². The highest BCUT2D eigenvalue weighted by molar-refractivity contribution is 7.21. The van der Waals surface area contributed by atoms with Crippen LogP contribution in [0.4, 0.5) is 5.69 Å². The first-order chi connectivity index (χ1) is 10.1. The summed E-state index contributed by atoms with van der Waals surface area (Å²) in [5.41, 5.74) is 6.57. The van der Waals surface area contributed by atoms with Gasteiger partial charge in [0.15, 0.2) is 0 Å². The molecule has 0 radical (unpaired) electrons. The number of fused-ring (bicyclic) bond motifs is 1. The van der Waals surface area contributed by atoms with Gasteiger partial charge in [-0.3, -0.25) is 14.6 Å². The second-order valence-corrected chi connectivity index (χ2v) is 6.16. The maximum atomic E-state index is 12.7. The SMILES string of the molecule is CN1CCCN(C(=O)c2sc3cnccc3c2N)CC1=O. The molecule has 0 aliphatic carbocycles. The highest BCUT2D eigenvalue weighted by Gasteiger charge is 2.26. The molecule has 2 amide bonds. The Hall–Kier alpha value is -2.15. The molecule has 110 valence electrons. The zero-order valence-corrected chi connectivity index (χ0v) is 12.5. The summed E-state index contributed by atoms with van der Waals surface area (Å²) in [6.07, 6.45) is 4.14. The van der Waals surface area contributed by atoms with Crippen molar-refractivity contribution in [2.24, 2.45) is 0 Å². The van der Waals surface area contributed by atoms with Crippen LogP contribution in [0.1, 0.15) is 16.1 Å². The summed E-state index contributed by atoms with van der Waals surface area (Å²) >= 11 is 1.33. The molecule has 1 saturated heterocycles. The molecule has 1 aliphatic rings. The normalized spacial score (nSPS) is 16.3. The van der Waals surface area contributed by atoms with E-state index >= 15 is 0 Å². The van der Waals surface area contributed by atoms with Crippen LogP contribution in [0.3, 0.4) is 0 Å². The summed E-state index contributed by atoms with van der Waals surface area (Å²) in [5.74, 6) is -0.209. The molecule has 2 aromatic heterocycles. The largest absolute Gasteiger partial charge is 0.397 e. The first kappa shape index (κ1) is 13.8. The van der Waals surface area contributed by atoms with Gasteiger partial charge in [0, 0.05) is 37.9 Å². The summed E-state index contributed by atoms with van der Waals surface area (Å²) in [6.45, 7) is 1.36. The third-order valence-corrected chi connectivity index (χ3v) is 4.83. The number of hydrogen-bond donors (Lipinski definition) is 1. The third-order valence-electron chi connectivity index (χ3n) is 3.69. The molecular weight excluding hydrogens is 288 g/mol. The number of pyridine rings is 1. The van der Waals surface area contributed by atoms with Crippen molar-refractivity contribution in [3.05, 3.63) is 23.3 Å². The lowest BCUT2D eigenvalue weighted by Crippen LogP contribution is -2.37. The minimum absolute atomic E-state index is 0.0396. The van der Waals surface area contributed by atoms with Crippen molar-refractivity contribution in [3.8, 4) is 0 Å². The number of nitrogen functional groups attached to an aromatic ring is 1. The Morgan fingerprint density at radius 2 is 2.24 bits per heavy atom. The molecule has 0 atom stereocenters. The fourth-order valence-electron chi connectivity index (χ4n) is 2.43. The van der Waals surface area contributed by atoms with E-state index in [1.165, 1.54) is 11.3 Å². The van der Waals surface area contributed by atoms with E-state index in [-0.39, 0.29) is 18.4 Å². The molecule has 3 rings (SSSR count). The van der Waals surface area contributed by atoms with Gasteiger partial charge in [0.1, 0.15) is 11.4 Å². The van der Waals surface area contributed by atoms with Gasteiger partial charge in [0.05, 0.1) is 10.4 Å². The molecule has 0 saturated carbocycles. The Morgan fingerprint density at radius 1 is 1.43 bits per heavy atom. The monoisotopic (exact) mass is 304 g/mol. The van der Waals surface area contributed by atoms with Crippen LogP contribution >= 0.6 is 11.3 Å². The maximum absolute atomic E-state index is 12.7. The topological polar surface area (TPSA) is 79.5 Å². The van der Waals surface area contributed by atoms with Crippen LogP contribution < -0.4 is 5.73 Å². The van der Waals surface area contributed by atoms with Crippen molar-refractivity contribution in [1.82, 2.24) is 14.8 Å². The number of nitrogens with two attached hydrogens (primary N) is 1. The molecule has 0 bridgehead atoms. The van der Waals surface area contributed by atoms with Crippen LogP contribution in [0.15, 0.2) is 18.5 Å². The van der Waals surface area contributed by atoms with Crippen molar-refractivity contribution < 1.29 is 9.59 Å². The predicted octanol–water partition coefficient (Wildman–Crippen LogP) is 1.18. The van der Waals surface area contributed by atoms with Crippen molar-refractivity contribution in [2.45, 2.75) is 6.42 Å². The van der Waals surface area contributed by atoms with Gasteiger partial charge in [-0.05, 0) is 12.5 Å². The molecular formula is C14H16N4O2S. The number of hydrogen-bond acceptors (Lipinski definition) is 5. The summed E-state index contributed by atoms with van der Waals surface area (Å²) < 4.78 is 0.886. The lowest BCUT2D eigenvalue weighted by molar-refractivity contribution is -0.129. The molecule has 0 unspecified atom stereocenters. The lowest BCUT2D eigenvalue weighted by Gasteiger charge is -2.19. The number of nitrogens with zero attached hydrogens (tertiary/aromatic N) is 3. The molecule has 0 spiro atoms. The van der Waals surface area contributed by atoms with E-state index in [2.05, 4.69) is 4.98 Å². The number of carbonyl (C=O) groups excluding carboxylic acids is 2. The van der Waals surface area contributed by atoms with Crippen molar-refractivity contribution >= 4 is 38.9 Å². The van der Waals surface area contributed by atoms with Crippen LogP contribution in [0.25, 0.3) is 10.1 Å². The highest BCUT2D eigenvalue weighted by atomic mass is 32.1. The van der Waals surface area contributed by atoms with Gasteiger partial charge >= 0.3 is 0 Å².